The lowest BCUT2D eigenvalue weighted by Crippen LogP contribution is -2.49. The lowest BCUT2D eigenvalue weighted by atomic mass is 9.99. The number of piperazine rings is 1. The van der Waals surface area contributed by atoms with Crippen LogP contribution in [0.2, 0.25) is 5.15 Å². The van der Waals surface area contributed by atoms with Gasteiger partial charge in [0.25, 0.3) is 5.91 Å². The summed E-state index contributed by atoms with van der Waals surface area (Å²) >= 11 is 5.81. The molecule has 0 radical (unpaired) electrons. The number of anilines is 1. The maximum Gasteiger partial charge on any atom is 0.255 e. The fourth-order valence-corrected chi connectivity index (χ4v) is 3.81. The van der Waals surface area contributed by atoms with Gasteiger partial charge in [0.1, 0.15) is 5.15 Å². The molecule has 1 aliphatic rings. The van der Waals surface area contributed by atoms with E-state index in [2.05, 4.69) is 53.0 Å². The highest BCUT2D eigenvalue weighted by molar-refractivity contribution is 6.29. The number of benzene rings is 1. The Labute approximate surface area is 181 Å². The number of pyridine rings is 1. The Morgan fingerprint density at radius 2 is 1.63 bits per heavy atom. The van der Waals surface area contributed by atoms with Gasteiger partial charge in [-0.3, -0.25) is 4.79 Å². The molecule has 3 heterocycles. The highest BCUT2D eigenvalue weighted by atomic mass is 35.5. The van der Waals surface area contributed by atoms with Crippen molar-refractivity contribution in [1.29, 1.82) is 0 Å². The zero-order chi connectivity index (χ0) is 21.3. The molecule has 154 valence electrons. The Morgan fingerprint density at radius 3 is 2.27 bits per heavy atom. The van der Waals surface area contributed by atoms with Crippen molar-refractivity contribution in [3.63, 3.8) is 0 Å². The Balaban J connectivity index is 1.42. The van der Waals surface area contributed by atoms with E-state index in [1.807, 2.05) is 17.0 Å². The SMILES string of the molecule is Cc1cc(C)c(-c2ccc(N3CCN(C(=O)c4ccc(Cl)nc4)CC3)nn2)cc1C. The third-order valence-electron chi connectivity index (χ3n) is 5.63. The fraction of sp³-hybridized carbons (Fsp3) is 0.304. The molecule has 0 unspecified atom stereocenters. The van der Waals surface area contributed by atoms with Crippen molar-refractivity contribution in [1.82, 2.24) is 20.1 Å². The van der Waals surface area contributed by atoms with Crippen LogP contribution in [0.25, 0.3) is 11.3 Å². The van der Waals surface area contributed by atoms with Crippen molar-refractivity contribution in [3.05, 3.63) is 70.0 Å². The summed E-state index contributed by atoms with van der Waals surface area (Å²) in [6.07, 6.45) is 1.52. The summed E-state index contributed by atoms with van der Waals surface area (Å²) in [5, 5.41) is 9.31. The molecule has 1 amide bonds. The number of hydrogen-bond donors (Lipinski definition) is 0. The van der Waals surface area contributed by atoms with Gasteiger partial charge in [0.05, 0.1) is 11.3 Å². The average Bonchev–Trinajstić information content (AvgIpc) is 2.77. The molecular formula is C23H24ClN5O. The van der Waals surface area contributed by atoms with Crippen molar-refractivity contribution in [2.24, 2.45) is 0 Å². The standard InChI is InChI=1S/C23H24ClN5O/c1-15-12-17(3)19(13-16(15)2)20-5-7-22(27-26-20)28-8-10-29(11-9-28)23(30)18-4-6-21(24)25-14-18/h4-7,12-14H,8-11H2,1-3H3. The summed E-state index contributed by atoms with van der Waals surface area (Å²) in [6.45, 7) is 9.01. The second kappa shape index (κ2) is 8.40. The molecule has 1 aromatic carbocycles. The van der Waals surface area contributed by atoms with Gasteiger partial charge in [-0.1, -0.05) is 17.7 Å². The van der Waals surface area contributed by atoms with Crippen LogP contribution in [0.1, 0.15) is 27.0 Å². The highest BCUT2D eigenvalue weighted by Gasteiger charge is 2.23. The minimum absolute atomic E-state index is 0.0227. The number of amides is 1. The van der Waals surface area contributed by atoms with E-state index in [1.165, 1.54) is 22.9 Å². The minimum Gasteiger partial charge on any atom is -0.352 e. The molecule has 0 spiro atoms. The number of aryl methyl sites for hydroxylation is 3. The molecule has 0 N–H and O–H groups in total. The topological polar surface area (TPSA) is 62.2 Å². The summed E-state index contributed by atoms with van der Waals surface area (Å²) in [6, 6.07) is 11.7. The van der Waals surface area contributed by atoms with Gasteiger partial charge in [-0.25, -0.2) is 4.98 Å². The monoisotopic (exact) mass is 421 g/mol. The van der Waals surface area contributed by atoms with Crippen molar-refractivity contribution in [2.45, 2.75) is 20.8 Å². The number of halogens is 1. The lowest BCUT2D eigenvalue weighted by molar-refractivity contribution is 0.0746. The van der Waals surface area contributed by atoms with Crippen LogP contribution in [-0.2, 0) is 0 Å². The summed E-state index contributed by atoms with van der Waals surface area (Å²) in [4.78, 5) is 20.6. The van der Waals surface area contributed by atoms with Crippen LogP contribution in [0.5, 0.6) is 0 Å². The molecule has 2 aromatic heterocycles. The van der Waals surface area contributed by atoms with Crippen LogP contribution in [-0.4, -0.2) is 52.2 Å². The molecule has 0 atom stereocenters. The molecule has 0 bridgehead atoms. The van der Waals surface area contributed by atoms with E-state index in [0.29, 0.717) is 36.9 Å². The summed E-state index contributed by atoms with van der Waals surface area (Å²) in [5.74, 6) is 0.811. The Morgan fingerprint density at radius 1 is 0.900 bits per heavy atom. The summed E-state index contributed by atoms with van der Waals surface area (Å²) in [5.41, 5.74) is 6.28. The van der Waals surface area contributed by atoms with Gasteiger partial charge in [-0.05, 0) is 67.8 Å². The lowest BCUT2D eigenvalue weighted by Gasteiger charge is -2.35. The van der Waals surface area contributed by atoms with Gasteiger partial charge in [0, 0.05) is 37.9 Å². The quantitative estimate of drug-likeness (QED) is 0.596. The first-order chi connectivity index (χ1) is 14.4. The van der Waals surface area contributed by atoms with Crippen molar-refractivity contribution < 1.29 is 4.79 Å². The Hall–Kier alpha value is -2.99. The normalized spacial score (nSPS) is 14.1. The average molecular weight is 422 g/mol. The maximum atomic E-state index is 12.6. The van der Waals surface area contributed by atoms with Gasteiger partial charge < -0.3 is 9.80 Å². The molecule has 4 rings (SSSR count). The van der Waals surface area contributed by atoms with Crippen molar-refractivity contribution in [3.8, 4) is 11.3 Å². The third kappa shape index (κ3) is 4.14. The van der Waals surface area contributed by atoms with Crippen LogP contribution < -0.4 is 4.90 Å². The second-order valence-corrected chi connectivity index (χ2v) is 8.06. The first-order valence-electron chi connectivity index (χ1n) is 10.00. The van der Waals surface area contributed by atoms with Crippen LogP contribution in [0.3, 0.4) is 0 Å². The van der Waals surface area contributed by atoms with Crippen LogP contribution >= 0.6 is 11.6 Å². The molecule has 1 fully saturated rings. The first kappa shape index (κ1) is 20.3. The second-order valence-electron chi connectivity index (χ2n) is 7.68. The predicted molar refractivity (Wildman–Crippen MR) is 119 cm³/mol. The number of carbonyl (C=O) groups is 1. The number of nitrogens with zero attached hydrogens (tertiary/aromatic N) is 5. The van der Waals surface area contributed by atoms with Crippen LogP contribution in [0.4, 0.5) is 5.82 Å². The smallest absolute Gasteiger partial charge is 0.255 e. The van der Waals surface area contributed by atoms with E-state index >= 15 is 0 Å². The van der Waals surface area contributed by atoms with Crippen molar-refractivity contribution >= 4 is 23.3 Å². The predicted octanol–water partition coefficient (Wildman–Crippen LogP) is 4.08. The zero-order valence-electron chi connectivity index (χ0n) is 17.4. The molecule has 0 aliphatic carbocycles. The minimum atomic E-state index is -0.0227. The molecule has 30 heavy (non-hydrogen) atoms. The van der Waals surface area contributed by atoms with Gasteiger partial charge in [0.2, 0.25) is 0 Å². The molecule has 6 nitrogen and oxygen atoms in total. The zero-order valence-corrected chi connectivity index (χ0v) is 18.1. The Kier molecular flexibility index (Phi) is 5.68. The number of aromatic nitrogens is 3. The molecule has 1 saturated heterocycles. The largest absolute Gasteiger partial charge is 0.352 e. The van der Waals surface area contributed by atoms with Crippen molar-refractivity contribution in [2.75, 3.05) is 31.1 Å². The number of hydrogen-bond acceptors (Lipinski definition) is 5. The molecule has 7 heteroatoms. The van der Waals surface area contributed by atoms with E-state index in [1.54, 1.807) is 12.1 Å². The summed E-state index contributed by atoms with van der Waals surface area (Å²) in [7, 11) is 0. The van der Waals surface area contributed by atoms with E-state index in [4.69, 9.17) is 11.6 Å². The maximum absolute atomic E-state index is 12.6. The van der Waals surface area contributed by atoms with Gasteiger partial charge in [-0.2, -0.15) is 0 Å². The van der Waals surface area contributed by atoms with E-state index in [0.717, 1.165) is 17.1 Å². The highest BCUT2D eigenvalue weighted by Crippen LogP contribution is 2.25. The van der Waals surface area contributed by atoms with E-state index in [-0.39, 0.29) is 5.91 Å². The summed E-state index contributed by atoms with van der Waals surface area (Å²) < 4.78 is 0. The van der Waals surface area contributed by atoms with Crippen LogP contribution in [0.15, 0.2) is 42.6 Å². The molecule has 1 aliphatic heterocycles. The van der Waals surface area contributed by atoms with Gasteiger partial charge >= 0.3 is 0 Å². The molecule has 3 aromatic rings. The fourth-order valence-electron chi connectivity index (χ4n) is 3.70. The molecule has 0 saturated carbocycles. The number of rotatable bonds is 3. The van der Waals surface area contributed by atoms with Gasteiger partial charge in [-0.15, -0.1) is 10.2 Å². The van der Waals surface area contributed by atoms with Crippen LogP contribution in [0, 0.1) is 20.8 Å². The van der Waals surface area contributed by atoms with E-state index in [9.17, 15) is 4.79 Å². The third-order valence-corrected chi connectivity index (χ3v) is 5.86. The number of carbonyl (C=O) groups excluding carboxylic acids is 1. The Bertz CT molecular complexity index is 1060. The molecular weight excluding hydrogens is 398 g/mol. The van der Waals surface area contributed by atoms with Gasteiger partial charge in [0.15, 0.2) is 5.82 Å². The first-order valence-corrected chi connectivity index (χ1v) is 10.4. The van der Waals surface area contributed by atoms with E-state index < -0.39 is 0 Å².